The van der Waals surface area contributed by atoms with E-state index in [0.717, 1.165) is 40.7 Å². The zero-order valence-electron chi connectivity index (χ0n) is 17.4. The molecule has 0 saturated heterocycles. The maximum absolute atomic E-state index is 13.7. The molecule has 1 atom stereocenters. The molecular formula is C25H23BrF2N2O. The van der Waals surface area contributed by atoms with Crippen LogP contribution in [0.25, 0.3) is 11.1 Å². The van der Waals surface area contributed by atoms with Gasteiger partial charge in [0.15, 0.2) is 0 Å². The number of aryl methyl sites for hydroxylation is 2. The van der Waals surface area contributed by atoms with E-state index < -0.39 is 5.95 Å². The molecule has 1 aromatic heterocycles. The molecule has 0 aliphatic heterocycles. The number of rotatable bonds is 6. The number of aromatic nitrogens is 1. The summed E-state index contributed by atoms with van der Waals surface area (Å²) < 4.78 is 27.2. The molecule has 1 aliphatic carbocycles. The minimum atomic E-state index is -0.530. The Morgan fingerprint density at radius 1 is 1.13 bits per heavy atom. The summed E-state index contributed by atoms with van der Waals surface area (Å²) in [4.78, 5) is 17.0. The number of benzene rings is 2. The first kappa shape index (κ1) is 21.6. The Bertz CT molecular complexity index is 1140. The van der Waals surface area contributed by atoms with Crippen LogP contribution in [0.1, 0.15) is 51.5 Å². The average Bonchev–Trinajstić information content (AvgIpc) is 3.58. The second-order valence-corrected chi connectivity index (χ2v) is 8.73. The SMILES string of the molecule is Cc1cc(C(NC(=O)c2cc(CBr)cc(-c3cnc(F)cc3C)c2)C2CC2)ccc1F. The largest absolute Gasteiger partial charge is 0.345 e. The van der Waals surface area contributed by atoms with Gasteiger partial charge in [-0.2, -0.15) is 4.39 Å². The molecule has 1 heterocycles. The third kappa shape index (κ3) is 4.85. The molecule has 3 nitrogen and oxygen atoms in total. The van der Waals surface area contributed by atoms with Crippen molar-refractivity contribution >= 4 is 21.8 Å². The lowest BCUT2D eigenvalue weighted by Gasteiger charge is -2.20. The van der Waals surface area contributed by atoms with Crippen molar-refractivity contribution < 1.29 is 13.6 Å². The quantitative estimate of drug-likeness (QED) is 0.324. The topological polar surface area (TPSA) is 42.0 Å². The molecule has 1 saturated carbocycles. The predicted molar refractivity (Wildman–Crippen MR) is 121 cm³/mol. The van der Waals surface area contributed by atoms with Crippen LogP contribution in [-0.4, -0.2) is 10.9 Å². The summed E-state index contributed by atoms with van der Waals surface area (Å²) in [6, 6.07) is 11.9. The van der Waals surface area contributed by atoms with E-state index in [2.05, 4.69) is 26.2 Å². The molecule has 3 aromatic rings. The van der Waals surface area contributed by atoms with Gasteiger partial charge in [0, 0.05) is 22.7 Å². The van der Waals surface area contributed by atoms with Gasteiger partial charge in [-0.05, 0) is 84.7 Å². The molecule has 0 bridgehead atoms. The first-order chi connectivity index (χ1) is 14.9. The van der Waals surface area contributed by atoms with Crippen LogP contribution in [-0.2, 0) is 5.33 Å². The average molecular weight is 485 g/mol. The number of halogens is 3. The molecule has 1 fully saturated rings. The Hall–Kier alpha value is -2.60. The summed E-state index contributed by atoms with van der Waals surface area (Å²) in [5.41, 5.74) is 5.31. The van der Waals surface area contributed by atoms with Gasteiger partial charge in [-0.1, -0.05) is 34.1 Å². The van der Waals surface area contributed by atoms with Gasteiger partial charge in [-0.3, -0.25) is 4.79 Å². The number of carbonyl (C=O) groups is 1. The first-order valence-corrected chi connectivity index (χ1v) is 11.4. The van der Waals surface area contributed by atoms with Crippen LogP contribution in [0.3, 0.4) is 0 Å². The number of amides is 1. The van der Waals surface area contributed by atoms with Crippen molar-refractivity contribution in [2.24, 2.45) is 5.92 Å². The highest BCUT2D eigenvalue weighted by Gasteiger charge is 2.34. The van der Waals surface area contributed by atoms with Gasteiger partial charge in [-0.25, -0.2) is 9.37 Å². The summed E-state index contributed by atoms with van der Waals surface area (Å²) in [5.74, 6) is -0.605. The Balaban J connectivity index is 1.66. The molecule has 1 N–H and O–H groups in total. The van der Waals surface area contributed by atoms with Crippen LogP contribution in [0.5, 0.6) is 0 Å². The van der Waals surface area contributed by atoms with E-state index in [0.29, 0.717) is 22.4 Å². The van der Waals surface area contributed by atoms with Crippen LogP contribution >= 0.6 is 15.9 Å². The number of nitrogens with zero attached hydrogens (tertiary/aromatic N) is 1. The standard InChI is InChI=1S/C25H23BrF2N2O/c1-14-8-23(28)29-13-21(14)19-9-16(12-26)10-20(11-19)25(31)30-24(17-3-4-17)18-5-6-22(27)15(2)7-18/h5-11,13,17,24H,3-4,12H2,1-2H3,(H,30,31). The third-order valence-electron chi connectivity index (χ3n) is 5.72. The molecule has 4 rings (SSSR count). The first-order valence-electron chi connectivity index (χ1n) is 10.2. The smallest absolute Gasteiger partial charge is 0.251 e. The van der Waals surface area contributed by atoms with Crippen LogP contribution in [0.4, 0.5) is 8.78 Å². The van der Waals surface area contributed by atoms with Gasteiger partial charge in [0.2, 0.25) is 5.95 Å². The Labute approximate surface area is 189 Å². The summed E-state index contributed by atoms with van der Waals surface area (Å²) in [7, 11) is 0. The third-order valence-corrected chi connectivity index (χ3v) is 6.37. The fraction of sp³-hybridized carbons (Fsp3) is 0.280. The number of hydrogen-bond acceptors (Lipinski definition) is 2. The van der Waals surface area contributed by atoms with Crippen molar-refractivity contribution in [2.75, 3.05) is 0 Å². The molecule has 1 amide bonds. The predicted octanol–water partition coefficient (Wildman–Crippen LogP) is 6.42. The van der Waals surface area contributed by atoms with Crippen molar-refractivity contribution in [3.8, 4) is 11.1 Å². The maximum Gasteiger partial charge on any atom is 0.251 e. The number of nitrogens with one attached hydrogen (secondary N) is 1. The van der Waals surface area contributed by atoms with Crippen molar-refractivity contribution in [3.05, 3.63) is 88.2 Å². The lowest BCUT2D eigenvalue weighted by Crippen LogP contribution is -2.30. The summed E-state index contributed by atoms with van der Waals surface area (Å²) in [5, 5.41) is 3.74. The summed E-state index contributed by atoms with van der Waals surface area (Å²) in [6.45, 7) is 3.55. The van der Waals surface area contributed by atoms with Crippen LogP contribution in [0, 0.1) is 31.5 Å². The van der Waals surface area contributed by atoms with Gasteiger partial charge < -0.3 is 5.32 Å². The highest BCUT2D eigenvalue weighted by molar-refractivity contribution is 9.08. The van der Waals surface area contributed by atoms with E-state index in [9.17, 15) is 13.6 Å². The Morgan fingerprint density at radius 2 is 1.90 bits per heavy atom. The number of carbonyl (C=O) groups excluding carboxylic acids is 1. The number of pyridine rings is 1. The van der Waals surface area contributed by atoms with E-state index in [1.807, 2.05) is 31.2 Å². The minimum Gasteiger partial charge on any atom is -0.345 e. The summed E-state index contributed by atoms with van der Waals surface area (Å²) >= 11 is 3.47. The molecule has 160 valence electrons. The maximum atomic E-state index is 13.7. The zero-order chi connectivity index (χ0) is 22.1. The van der Waals surface area contributed by atoms with E-state index in [1.54, 1.807) is 13.0 Å². The Morgan fingerprint density at radius 3 is 2.55 bits per heavy atom. The van der Waals surface area contributed by atoms with Crippen molar-refractivity contribution in [1.29, 1.82) is 0 Å². The van der Waals surface area contributed by atoms with Crippen LogP contribution < -0.4 is 5.32 Å². The second-order valence-electron chi connectivity index (χ2n) is 8.17. The molecule has 2 aromatic carbocycles. The molecule has 0 spiro atoms. The molecule has 31 heavy (non-hydrogen) atoms. The van der Waals surface area contributed by atoms with Gasteiger partial charge in [-0.15, -0.1) is 0 Å². The van der Waals surface area contributed by atoms with E-state index in [4.69, 9.17) is 0 Å². The van der Waals surface area contributed by atoms with E-state index in [1.165, 1.54) is 18.3 Å². The van der Waals surface area contributed by atoms with Gasteiger partial charge in [0.1, 0.15) is 5.82 Å². The molecule has 6 heteroatoms. The highest BCUT2D eigenvalue weighted by Crippen LogP contribution is 2.41. The monoisotopic (exact) mass is 484 g/mol. The second kappa shape index (κ2) is 8.87. The Kier molecular flexibility index (Phi) is 6.19. The minimum absolute atomic E-state index is 0.155. The lowest BCUT2D eigenvalue weighted by molar-refractivity contribution is 0.0931. The fourth-order valence-corrected chi connectivity index (χ4v) is 4.19. The van der Waals surface area contributed by atoms with E-state index in [-0.39, 0.29) is 17.8 Å². The lowest BCUT2D eigenvalue weighted by atomic mass is 9.97. The van der Waals surface area contributed by atoms with Crippen molar-refractivity contribution in [1.82, 2.24) is 10.3 Å². The van der Waals surface area contributed by atoms with Gasteiger partial charge in [0.05, 0.1) is 6.04 Å². The van der Waals surface area contributed by atoms with Crippen LogP contribution in [0.2, 0.25) is 0 Å². The van der Waals surface area contributed by atoms with Crippen LogP contribution in [0.15, 0.2) is 48.7 Å². The molecule has 0 radical (unpaired) electrons. The fourth-order valence-electron chi connectivity index (χ4n) is 3.87. The van der Waals surface area contributed by atoms with E-state index >= 15 is 0 Å². The molecular weight excluding hydrogens is 462 g/mol. The van der Waals surface area contributed by atoms with Crippen molar-refractivity contribution in [3.63, 3.8) is 0 Å². The zero-order valence-corrected chi connectivity index (χ0v) is 19.0. The highest BCUT2D eigenvalue weighted by atomic mass is 79.9. The normalized spacial score (nSPS) is 14.4. The van der Waals surface area contributed by atoms with Gasteiger partial charge >= 0.3 is 0 Å². The number of hydrogen-bond donors (Lipinski definition) is 1. The number of alkyl halides is 1. The van der Waals surface area contributed by atoms with Crippen molar-refractivity contribution in [2.45, 2.75) is 38.1 Å². The summed E-state index contributed by atoms with van der Waals surface area (Å²) in [6.07, 6.45) is 3.57. The molecule has 1 unspecified atom stereocenters. The molecule has 1 aliphatic rings. The van der Waals surface area contributed by atoms with Gasteiger partial charge in [0.25, 0.3) is 5.91 Å².